The van der Waals surface area contributed by atoms with Crippen LogP contribution < -0.4 is 4.90 Å². The number of hydrogen-bond donors (Lipinski definition) is 1. The molecule has 4 nitrogen and oxygen atoms in total. The summed E-state index contributed by atoms with van der Waals surface area (Å²) in [6, 6.07) is 17.0. The Morgan fingerprint density at radius 2 is 1.72 bits per heavy atom. The lowest BCUT2D eigenvalue weighted by Gasteiger charge is -2.18. The van der Waals surface area contributed by atoms with E-state index in [4.69, 9.17) is 23.2 Å². The zero-order chi connectivity index (χ0) is 20.5. The molecule has 0 bridgehead atoms. The SMILES string of the molecule is O=C1/C(=C\c2ccc(Cl)cc2Cl)N=C(c2ccccc2F)N1c1ccc(O)cc1. The molecule has 1 aliphatic rings. The minimum atomic E-state index is -0.506. The van der Waals surface area contributed by atoms with Crippen molar-refractivity contribution < 1.29 is 14.3 Å². The summed E-state index contributed by atoms with van der Waals surface area (Å²) in [5.41, 5.74) is 1.28. The summed E-state index contributed by atoms with van der Waals surface area (Å²) in [4.78, 5) is 18.9. The number of anilines is 1. The average Bonchev–Trinajstić information content (AvgIpc) is 3.01. The molecule has 0 fully saturated rings. The van der Waals surface area contributed by atoms with Gasteiger partial charge in [-0.15, -0.1) is 0 Å². The van der Waals surface area contributed by atoms with E-state index < -0.39 is 11.7 Å². The Hall–Kier alpha value is -3.15. The number of nitrogens with zero attached hydrogens (tertiary/aromatic N) is 2. The third-order valence-corrected chi connectivity index (χ3v) is 4.90. The lowest BCUT2D eigenvalue weighted by molar-refractivity contribution is -0.113. The van der Waals surface area contributed by atoms with Crippen molar-refractivity contribution in [1.82, 2.24) is 0 Å². The summed E-state index contributed by atoms with van der Waals surface area (Å²) in [6.07, 6.45) is 1.53. The molecule has 0 aliphatic carbocycles. The molecule has 7 heteroatoms. The van der Waals surface area contributed by atoms with Crippen LogP contribution in [0.3, 0.4) is 0 Å². The Kier molecular flexibility index (Phi) is 5.09. The van der Waals surface area contributed by atoms with E-state index in [1.165, 1.54) is 29.2 Å². The summed E-state index contributed by atoms with van der Waals surface area (Å²) in [5, 5.41) is 10.4. The van der Waals surface area contributed by atoms with E-state index in [-0.39, 0.29) is 22.8 Å². The normalized spacial score (nSPS) is 15.1. The van der Waals surface area contributed by atoms with Gasteiger partial charge >= 0.3 is 0 Å². The molecular formula is C22H13Cl2FN2O2. The van der Waals surface area contributed by atoms with Gasteiger partial charge in [0.15, 0.2) is 5.84 Å². The van der Waals surface area contributed by atoms with E-state index in [0.29, 0.717) is 21.3 Å². The summed E-state index contributed by atoms with van der Waals surface area (Å²) >= 11 is 12.1. The summed E-state index contributed by atoms with van der Waals surface area (Å²) in [7, 11) is 0. The Morgan fingerprint density at radius 1 is 1.00 bits per heavy atom. The molecule has 0 aromatic heterocycles. The van der Waals surface area contributed by atoms with E-state index in [1.807, 2.05) is 0 Å². The minimum Gasteiger partial charge on any atom is -0.508 e. The second kappa shape index (κ2) is 7.70. The van der Waals surface area contributed by atoms with Gasteiger partial charge in [-0.1, -0.05) is 41.4 Å². The van der Waals surface area contributed by atoms with Crippen molar-refractivity contribution in [1.29, 1.82) is 0 Å². The first kappa shape index (κ1) is 19.2. The summed E-state index contributed by atoms with van der Waals surface area (Å²) in [5.74, 6) is -0.753. The molecule has 4 rings (SSSR count). The highest BCUT2D eigenvalue weighted by Crippen LogP contribution is 2.31. The number of halogens is 3. The number of carbonyl (C=O) groups excluding carboxylic acids is 1. The van der Waals surface area contributed by atoms with Gasteiger partial charge in [0.2, 0.25) is 0 Å². The molecule has 0 spiro atoms. The fraction of sp³-hybridized carbons (Fsp3) is 0. The quantitative estimate of drug-likeness (QED) is 0.548. The van der Waals surface area contributed by atoms with E-state index >= 15 is 0 Å². The van der Waals surface area contributed by atoms with Crippen LogP contribution in [0.5, 0.6) is 5.75 Å². The maximum Gasteiger partial charge on any atom is 0.282 e. The van der Waals surface area contributed by atoms with Crippen LogP contribution in [0, 0.1) is 5.82 Å². The van der Waals surface area contributed by atoms with Gasteiger partial charge in [-0.05, 0) is 60.2 Å². The van der Waals surface area contributed by atoms with Crippen molar-refractivity contribution in [2.75, 3.05) is 4.90 Å². The second-order valence-corrected chi connectivity index (χ2v) is 7.11. The van der Waals surface area contributed by atoms with E-state index in [1.54, 1.807) is 48.5 Å². The number of phenols is 1. The Balaban J connectivity index is 1.86. The Labute approximate surface area is 176 Å². The third-order valence-electron chi connectivity index (χ3n) is 4.34. The zero-order valence-electron chi connectivity index (χ0n) is 14.8. The number of aromatic hydroxyl groups is 1. The van der Waals surface area contributed by atoms with Crippen molar-refractivity contribution in [3.8, 4) is 5.75 Å². The second-order valence-electron chi connectivity index (χ2n) is 6.27. The highest BCUT2D eigenvalue weighted by molar-refractivity contribution is 6.36. The van der Waals surface area contributed by atoms with Crippen molar-refractivity contribution >= 4 is 46.7 Å². The molecule has 1 heterocycles. The predicted molar refractivity (Wildman–Crippen MR) is 113 cm³/mol. The van der Waals surface area contributed by atoms with Gasteiger partial charge in [0.05, 0.1) is 11.3 Å². The van der Waals surface area contributed by atoms with Gasteiger partial charge in [-0.2, -0.15) is 0 Å². The zero-order valence-corrected chi connectivity index (χ0v) is 16.3. The maximum atomic E-state index is 14.5. The van der Waals surface area contributed by atoms with Gasteiger partial charge in [-0.3, -0.25) is 9.69 Å². The van der Waals surface area contributed by atoms with Crippen molar-refractivity contribution in [3.63, 3.8) is 0 Å². The van der Waals surface area contributed by atoms with Crippen molar-refractivity contribution in [3.05, 3.63) is 99.4 Å². The fourth-order valence-corrected chi connectivity index (χ4v) is 3.41. The van der Waals surface area contributed by atoms with E-state index in [9.17, 15) is 14.3 Å². The fourth-order valence-electron chi connectivity index (χ4n) is 2.95. The van der Waals surface area contributed by atoms with Gasteiger partial charge in [0.25, 0.3) is 5.91 Å². The van der Waals surface area contributed by atoms with Crippen LogP contribution in [-0.2, 0) is 4.79 Å². The van der Waals surface area contributed by atoms with Crippen LogP contribution in [0.2, 0.25) is 10.0 Å². The number of phenolic OH excluding ortho intramolecular Hbond substituents is 1. The van der Waals surface area contributed by atoms with Crippen LogP contribution in [0.1, 0.15) is 11.1 Å². The first-order valence-corrected chi connectivity index (χ1v) is 9.33. The number of aliphatic imine (C=N–C) groups is 1. The standard InChI is InChI=1S/C22H13Cl2FN2O2/c23-14-6-5-13(18(24)12-14)11-20-22(29)27(15-7-9-16(28)10-8-15)21(26-20)17-3-1-2-4-19(17)25/h1-12,28H/b20-11+. The molecule has 1 aliphatic heterocycles. The largest absolute Gasteiger partial charge is 0.508 e. The van der Waals surface area contributed by atoms with Crippen LogP contribution in [0.4, 0.5) is 10.1 Å². The lowest BCUT2D eigenvalue weighted by Crippen LogP contribution is -2.33. The summed E-state index contributed by atoms with van der Waals surface area (Å²) in [6.45, 7) is 0. The number of rotatable bonds is 3. The predicted octanol–water partition coefficient (Wildman–Crippen LogP) is 5.67. The third kappa shape index (κ3) is 3.75. The van der Waals surface area contributed by atoms with Crippen LogP contribution in [-0.4, -0.2) is 16.8 Å². The van der Waals surface area contributed by atoms with Crippen LogP contribution in [0.25, 0.3) is 6.08 Å². The van der Waals surface area contributed by atoms with Crippen molar-refractivity contribution in [2.45, 2.75) is 0 Å². The molecule has 0 saturated carbocycles. The molecule has 1 N–H and O–H groups in total. The highest BCUT2D eigenvalue weighted by Gasteiger charge is 2.33. The lowest BCUT2D eigenvalue weighted by atomic mass is 10.1. The highest BCUT2D eigenvalue weighted by atomic mass is 35.5. The first-order chi connectivity index (χ1) is 13.9. The number of amides is 1. The molecule has 144 valence electrons. The van der Waals surface area contributed by atoms with Gasteiger partial charge in [0.1, 0.15) is 17.3 Å². The minimum absolute atomic E-state index is 0.0495. The number of hydrogen-bond acceptors (Lipinski definition) is 3. The molecule has 1 amide bonds. The number of benzene rings is 3. The Morgan fingerprint density at radius 3 is 2.41 bits per heavy atom. The molecular weight excluding hydrogens is 414 g/mol. The van der Waals surface area contributed by atoms with Gasteiger partial charge in [-0.25, -0.2) is 9.38 Å². The molecule has 0 atom stereocenters. The molecule has 29 heavy (non-hydrogen) atoms. The molecule has 0 radical (unpaired) electrons. The summed E-state index contributed by atoms with van der Waals surface area (Å²) < 4.78 is 14.5. The van der Waals surface area contributed by atoms with Gasteiger partial charge < -0.3 is 5.11 Å². The van der Waals surface area contributed by atoms with Crippen LogP contribution >= 0.6 is 23.2 Å². The topological polar surface area (TPSA) is 52.9 Å². The number of amidine groups is 1. The average molecular weight is 427 g/mol. The molecule has 0 unspecified atom stereocenters. The van der Waals surface area contributed by atoms with Gasteiger partial charge in [0, 0.05) is 10.0 Å². The van der Waals surface area contributed by atoms with Crippen LogP contribution in [0.15, 0.2) is 77.4 Å². The number of carbonyl (C=O) groups is 1. The molecule has 3 aromatic rings. The van der Waals surface area contributed by atoms with E-state index in [0.717, 1.165) is 0 Å². The first-order valence-electron chi connectivity index (χ1n) is 8.58. The monoisotopic (exact) mass is 426 g/mol. The molecule has 3 aromatic carbocycles. The molecule has 0 saturated heterocycles. The Bertz CT molecular complexity index is 1170. The maximum absolute atomic E-state index is 14.5. The van der Waals surface area contributed by atoms with Crippen molar-refractivity contribution in [2.24, 2.45) is 4.99 Å². The van der Waals surface area contributed by atoms with E-state index in [2.05, 4.69) is 4.99 Å². The smallest absolute Gasteiger partial charge is 0.282 e.